The summed E-state index contributed by atoms with van der Waals surface area (Å²) in [5.41, 5.74) is 1.32. The van der Waals surface area contributed by atoms with Crippen LogP contribution in [0.15, 0.2) is 42.5 Å². The topological polar surface area (TPSA) is 94.1 Å². The molecule has 1 amide bonds. The van der Waals surface area contributed by atoms with Gasteiger partial charge in [-0.1, -0.05) is 19.1 Å². The molecule has 1 atom stereocenters. The Morgan fingerprint density at radius 1 is 1.15 bits per heavy atom. The predicted molar refractivity (Wildman–Crippen MR) is 97.5 cm³/mol. The van der Waals surface area contributed by atoms with Crippen molar-refractivity contribution >= 4 is 11.9 Å². The number of fused-ring (bicyclic) bond motifs is 1. The van der Waals surface area contributed by atoms with Crippen LogP contribution in [0, 0.1) is 0 Å². The minimum atomic E-state index is -1.07. The summed E-state index contributed by atoms with van der Waals surface area (Å²) in [5, 5.41) is 11.7. The first-order valence-electron chi connectivity index (χ1n) is 8.72. The van der Waals surface area contributed by atoms with E-state index in [1.807, 2.05) is 25.1 Å². The highest BCUT2D eigenvalue weighted by Gasteiger charge is 2.18. The molecule has 3 rings (SSSR count). The van der Waals surface area contributed by atoms with Crippen molar-refractivity contribution in [1.82, 2.24) is 5.32 Å². The zero-order valence-electron chi connectivity index (χ0n) is 14.9. The summed E-state index contributed by atoms with van der Waals surface area (Å²) in [5.74, 6) is 0.370. The molecule has 0 saturated heterocycles. The van der Waals surface area contributed by atoms with Crippen LogP contribution < -0.4 is 19.5 Å². The highest BCUT2D eigenvalue weighted by Crippen LogP contribution is 2.33. The largest absolute Gasteiger partial charge is 0.486 e. The molecule has 0 bridgehead atoms. The quantitative estimate of drug-likeness (QED) is 0.777. The van der Waals surface area contributed by atoms with E-state index in [4.69, 9.17) is 19.3 Å². The summed E-state index contributed by atoms with van der Waals surface area (Å²) >= 11 is 0. The Hall–Kier alpha value is -3.22. The van der Waals surface area contributed by atoms with E-state index in [1.165, 1.54) is 6.07 Å². The van der Waals surface area contributed by atoms with Gasteiger partial charge in [-0.3, -0.25) is 4.79 Å². The number of nitrogens with one attached hydrogen (secondary N) is 1. The first-order chi connectivity index (χ1) is 13.1. The maximum Gasteiger partial charge on any atom is 0.341 e. The van der Waals surface area contributed by atoms with Crippen molar-refractivity contribution in [3.05, 3.63) is 53.6 Å². The van der Waals surface area contributed by atoms with Gasteiger partial charge in [0.15, 0.2) is 18.1 Å². The van der Waals surface area contributed by atoms with E-state index in [2.05, 4.69) is 5.32 Å². The number of carbonyl (C=O) groups is 2. The highest BCUT2D eigenvalue weighted by molar-refractivity contribution is 5.94. The van der Waals surface area contributed by atoms with Crippen molar-refractivity contribution in [3.8, 4) is 17.2 Å². The summed E-state index contributed by atoms with van der Waals surface area (Å²) in [6.45, 7) is 2.55. The molecular weight excluding hydrogens is 350 g/mol. The van der Waals surface area contributed by atoms with Gasteiger partial charge in [-0.15, -0.1) is 0 Å². The van der Waals surface area contributed by atoms with Crippen molar-refractivity contribution in [2.75, 3.05) is 19.8 Å². The van der Waals surface area contributed by atoms with Gasteiger partial charge in [0.25, 0.3) is 5.91 Å². The zero-order valence-corrected chi connectivity index (χ0v) is 14.9. The zero-order chi connectivity index (χ0) is 19.2. The van der Waals surface area contributed by atoms with Gasteiger partial charge in [0, 0.05) is 5.56 Å². The second-order valence-electron chi connectivity index (χ2n) is 6.05. The van der Waals surface area contributed by atoms with Gasteiger partial charge >= 0.3 is 5.97 Å². The molecule has 1 heterocycles. The number of hydrogen-bond donors (Lipinski definition) is 2. The molecule has 0 aromatic heterocycles. The number of carboxylic acids is 1. The van der Waals surface area contributed by atoms with Crippen LogP contribution in [0.2, 0.25) is 0 Å². The minimum Gasteiger partial charge on any atom is -0.486 e. The summed E-state index contributed by atoms with van der Waals surface area (Å²) in [4.78, 5) is 23.2. The molecule has 7 heteroatoms. The molecule has 142 valence electrons. The summed E-state index contributed by atoms with van der Waals surface area (Å²) in [6.07, 6.45) is 0.695. The van der Waals surface area contributed by atoms with Crippen LogP contribution in [0.1, 0.15) is 35.3 Å². The van der Waals surface area contributed by atoms with E-state index in [-0.39, 0.29) is 11.9 Å². The molecule has 1 aliphatic rings. The lowest BCUT2D eigenvalue weighted by Gasteiger charge is -2.22. The third-order valence-corrected chi connectivity index (χ3v) is 4.14. The Kier molecular flexibility index (Phi) is 5.80. The number of amides is 1. The van der Waals surface area contributed by atoms with Gasteiger partial charge in [0.2, 0.25) is 0 Å². The van der Waals surface area contributed by atoms with E-state index >= 15 is 0 Å². The Bertz CT molecular complexity index is 835. The van der Waals surface area contributed by atoms with Crippen LogP contribution in [0.4, 0.5) is 0 Å². The number of carboxylic acid groups (broad SMARTS) is 1. The molecule has 2 N–H and O–H groups in total. The minimum absolute atomic E-state index is 0.197. The lowest BCUT2D eigenvalue weighted by molar-refractivity contribution is -0.139. The van der Waals surface area contributed by atoms with Crippen molar-refractivity contribution in [2.24, 2.45) is 0 Å². The number of aliphatic carboxylic acids is 1. The SMILES string of the molecule is CCC(NC(=O)c1cccc(OCC(=O)O)c1)c1ccc2c(c1)OCCO2. The Morgan fingerprint density at radius 3 is 2.67 bits per heavy atom. The molecule has 27 heavy (non-hydrogen) atoms. The molecular formula is C20H21NO6. The Labute approximate surface area is 156 Å². The average Bonchev–Trinajstić information content (AvgIpc) is 2.70. The van der Waals surface area contributed by atoms with E-state index in [1.54, 1.807) is 18.2 Å². The van der Waals surface area contributed by atoms with Gasteiger partial charge in [-0.25, -0.2) is 4.79 Å². The van der Waals surface area contributed by atoms with Crippen molar-refractivity contribution in [2.45, 2.75) is 19.4 Å². The van der Waals surface area contributed by atoms with Crippen LogP contribution in [0.3, 0.4) is 0 Å². The van der Waals surface area contributed by atoms with Gasteiger partial charge in [-0.05, 0) is 42.3 Å². The van der Waals surface area contributed by atoms with Crippen molar-refractivity contribution in [1.29, 1.82) is 0 Å². The molecule has 1 unspecified atom stereocenters. The second kappa shape index (κ2) is 8.44. The normalized spacial score (nSPS) is 13.5. The van der Waals surface area contributed by atoms with Crippen molar-refractivity contribution in [3.63, 3.8) is 0 Å². The molecule has 2 aromatic carbocycles. The smallest absolute Gasteiger partial charge is 0.341 e. The fraction of sp³-hybridized carbons (Fsp3) is 0.300. The summed E-state index contributed by atoms with van der Waals surface area (Å²) in [7, 11) is 0. The molecule has 0 fully saturated rings. The van der Waals surface area contributed by atoms with Crippen LogP contribution >= 0.6 is 0 Å². The number of carbonyl (C=O) groups excluding carboxylic acids is 1. The average molecular weight is 371 g/mol. The fourth-order valence-corrected chi connectivity index (χ4v) is 2.81. The van der Waals surface area contributed by atoms with Gasteiger partial charge in [0.05, 0.1) is 6.04 Å². The molecule has 0 radical (unpaired) electrons. The number of hydrogen-bond acceptors (Lipinski definition) is 5. The van der Waals surface area contributed by atoms with Gasteiger partial charge < -0.3 is 24.6 Å². The van der Waals surface area contributed by atoms with Crippen molar-refractivity contribution < 1.29 is 28.9 Å². The van der Waals surface area contributed by atoms with E-state index < -0.39 is 12.6 Å². The monoisotopic (exact) mass is 371 g/mol. The highest BCUT2D eigenvalue weighted by atomic mass is 16.6. The van der Waals surface area contributed by atoms with Crippen LogP contribution in [-0.2, 0) is 4.79 Å². The molecule has 2 aromatic rings. The Morgan fingerprint density at radius 2 is 1.93 bits per heavy atom. The van der Waals surface area contributed by atoms with Crippen LogP contribution in [0.25, 0.3) is 0 Å². The fourth-order valence-electron chi connectivity index (χ4n) is 2.81. The van der Waals surface area contributed by atoms with Gasteiger partial charge in [-0.2, -0.15) is 0 Å². The first kappa shape index (κ1) is 18.6. The van der Waals surface area contributed by atoms with E-state index in [0.29, 0.717) is 42.4 Å². The molecule has 0 spiro atoms. The lowest BCUT2D eigenvalue weighted by atomic mass is 10.0. The summed E-state index contributed by atoms with van der Waals surface area (Å²) in [6, 6.07) is 11.9. The number of benzene rings is 2. The van der Waals surface area contributed by atoms with Crippen LogP contribution in [-0.4, -0.2) is 36.8 Å². The molecule has 0 aliphatic carbocycles. The third-order valence-electron chi connectivity index (χ3n) is 4.14. The standard InChI is InChI=1S/C20H21NO6/c1-2-16(13-6-7-17-18(11-13)26-9-8-25-17)21-20(24)14-4-3-5-15(10-14)27-12-19(22)23/h3-7,10-11,16H,2,8-9,12H2,1H3,(H,21,24)(H,22,23). The molecule has 1 aliphatic heterocycles. The Balaban J connectivity index is 1.72. The molecule has 0 saturated carbocycles. The van der Waals surface area contributed by atoms with Crippen LogP contribution in [0.5, 0.6) is 17.2 Å². The number of ether oxygens (including phenoxy) is 3. The maximum absolute atomic E-state index is 12.6. The summed E-state index contributed by atoms with van der Waals surface area (Å²) < 4.78 is 16.3. The predicted octanol–water partition coefficient (Wildman–Crippen LogP) is 2.80. The molecule has 7 nitrogen and oxygen atoms in total. The lowest BCUT2D eigenvalue weighted by Crippen LogP contribution is -2.28. The third kappa shape index (κ3) is 4.69. The van der Waals surface area contributed by atoms with E-state index in [0.717, 1.165) is 5.56 Å². The first-order valence-corrected chi connectivity index (χ1v) is 8.72. The number of rotatable bonds is 7. The maximum atomic E-state index is 12.6. The second-order valence-corrected chi connectivity index (χ2v) is 6.05. The van der Waals surface area contributed by atoms with Gasteiger partial charge in [0.1, 0.15) is 19.0 Å². The van der Waals surface area contributed by atoms with E-state index in [9.17, 15) is 9.59 Å².